The summed E-state index contributed by atoms with van der Waals surface area (Å²) in [7, 11) is 0. The lowest BCUT2D eigenvalue weighted by molar-refractivity contribution is -0.121. The van der Waals surface area contributed by atoms with Gasteiger partial charge in [-0.1, -0.05) is 26.2 Å². The van der Waals surface area contributed by atoms with Crippen molar-refractivity contribution < 1.29 is 4.79 Å². The molecule has 0 aromatic carbocycles. The molecule has 2 rings (SSSR count). The summed E-state index contributed by atoms with van der Waals surface area (Å²) in [5.74, 6) is 0.728. The van der Waals surface area contributed by atoms with Crippen molar-refractivity contribution in [1.82, 2.24) is 10.3 Å². The lowest BCUT2D eigenvalue weighted by Crippen LogP contribution is -2.41. The van der Waals surface area contributed by atoms with Crippen LogP contribution < -0.4 is 11.1 Å². The van der Waals surface area contributed by atoms with Gasteiger partial charge in [0.15, 0.2) is 5.13 Å². The van der Waals surface area contributed by atoms with E-state index < -0.39 is 0 Å². The summed E-state index contributed by atoms with van der Waals surface area (Å²) in [6, 6.07) is 0.323. The van der Waals surface area contributed by atoms with Gasteiger partial charge in [-0.05, 0) is 25.2 Å². The third-order valence-corrected chi connectivity index (χ3v) is 4.64. The molecule has 1 amide bonds. The Labute approximate surface area is 118 Å². The summed E-state index contributed by atoms with van der Waals surface area (Å²) in [6.45, 7) is 2.15. The highest BCUT2D eigenvalue weighted by Gasteiger charge is 2.23. The van der Waals surface area contributed by atoms with Crippen molar-refractivity contribution in [2.24, 2.45) is 5.92 Å². The van der Waals surface area contributed by atoms with Gasteiger partial charge in [0.2, 0.25) is 5.91 Å². The van der Waals surface area contributed by atoms with Crippen molar-refractivity contribution in [3.05, 3.63) is 11.1 Å². The van der Waals surface area contributed by atoms with E-state index in [-0.39, 0.29) is 5.91 Å². The molecule has 0 spiro atoms. The van der Waals surface area contributed by atoms with Gasteiger partial charge in [-0.15, -0.1) is 11.3 Å². The fraction of sp³-hybridized carbons (Fsp3) is 0.714. The van der Waals surface area contributed by atoms with Gasteiger partial charge in [0.05, 0.1) is 12.1 Å². The molecule has 1 saturated carbocycles. The molecule has 1 unspecified atom stereocenters. The first-order chi connectivity index (χ1) is 9.19. The van der Waals surface area contributed by atoms with Crippen molar-refractivity contribution in [2.75, 3.05) is 5.73 Å². The van der Waals surface area contributed by atoms with Gasteiger partial charge in [-0.2, -0.15) is 0 Å². The number of hydrogen-bond donors (Lipinski definition) is 2. The molecule has 19 heavy (non-hydrogen) atoms. The van der Waals surface area contributed by atoms with Crippen LogP contribution in [0.3, 0.4) is 0 Å². The molecule has 1 heterocycles. The second-order valence-corrected chi connectivity index (χ2v) is 6.22. The standard InChI is InChI=1S/C14H23N3OS/c1-2-12(10-6-4-3-5-7-10)17-13(18)8-11-9-19-14(15)16-11/h9-10,12H,2-8H2,1H3,(H2,15,16)(H,17,18). The molecule has 1 aliphatic rings. The van der Waals surface area contributed by atoms with Gasteiger partial charge >= 0.3 is 0 Å². The third-order valence-electron chi connectivity index (χ3n) is 3.92. The maximum Gasteiger partial charge on any atom is 0.226 e. The summed E-state index contributed by atoms with van der Waals surface area (Å²) < 4.78 is 0. The minimum Gasteiger partial charge on any atom is -0.375 e. The SMILES string of the molecule is CCC(NC(=O)Cc1csc(N)n1)C1CCCCC1. The molecule has 4 nitrogen and oxygen atoms in total. The normalized spacial score (nSPS) is 18.2. The Bertz CT molecular complexity index is 413. The summed E-state index contributed by atoms with van der Waals surface area (Å²) in [5, 5.41) is 5.57. The lowest BCUT2D eigenvalue weighted by atomic mass is 9.83. The van der Waals surface area contributed by atoms with Gasteiger partial charge in [-0.3, -0.25) is 4.79 Å². The second kappa shape index (κ2) is 6.89. The number of carbonyl (C=O) groups is 1. The Kier molecular flexibility index (Phi) is 5.19. The number of aromatic nitrogens is 1. The number of amides is 1. The molecule has 1 aliphatic carbocycles. The average molecular weight is 281 g/mol. The van der Waals surface area contributed by atoms with Gasteiger partial charge in [0, 0.05) is 11.4 Å². The zero-order valence-electron chi connectivity index (χ0n) is 11.5. The van der Waals surface area contributed by atoms with E-state index in [1.54, 1.807) is 0 Å². The molecule has 106 valence electrons. The van der Waals surface area contributed by atoms with Crippen LogP contribution in [0.1, 0.15) is 51.1 Å². The summed E-state index contributed by atoms with van der Waals surface area (Å²) >= 11 is 1.39. The minimum absolute atomic E-state index is 0.0720. The monoisotopic (exact) mass is 281 g/mol. The van der Waals surface area contributed by atoms with E-state index in [1.807, 2.05) is 5.38 Å². The zero-order chi connectivity index (χ0) is 13.7. The van der Waals surface area contributed by atoms with Crippen LogP contribution in [-0.4, -0.2) is 16.9 Å². The summed E-state index contributed by atoms with van der Waals surface area (Å²) in [4.78, 5) is 16.2. The maximum atomic E-state index is 12.0. The van der Waals surface area contributed by atoms with Crippen LogP contribution in [0, 0.1) is 5.92 Å². The smallest absolute Gasteiger partial charge is 0.226 e. The van der Waals surface area contributed by atoms with E-state index >= 15 is 0 Å². The van der Waals surface area contributed by atoms with Gasteiger partial charge in [0.25, 0.3) is 0 Å². The first kappa shape index (κ1) is 14.3. The highest BCUT2D eigenvalue weighted by molar-refractivity contribution is 7.13. The Morgan fingerprint density at radius 2 is 2.26 bits per heavy atom. The Hall–Kier alpha value is -1.10. The topological polar surface area (TPSA) is 68.0 Å². The molecule has 1 aromatic rings. The number of hydrogen-bond acceptors (Lipinski definition) is 4. The lowest BCUT2D eigenvalue weighted by Gasteiger charge is -2.30. The van der Waals surface area contributed by atoms with Crippen LogP contribution in [0.4, 0.5) is 5.13 Å². The number of thiazole rings is 1. The number of nitrogens with zero attached hydrogens (tertiary/aromatic N) is 1. The van der Waals surface area contributed by atoms with E-state index in [0.29, 0.717) is 23.5 Å². The Morgan fingerprint density at radius 3 is 2.84 bits per heavy atom. The predicted molar refractivity (Wildman–Crippen MR) is 79.0 cm³/mol. The number of nitrogen functional groups attached to an aromatic ring is 1. The van der Waals surface area contributed by atoms with Crippen molar-refractivity contribution in [3.8, 4) is 0 Å². The van der Waals surface area contributed by atoms with Crippen LogP contribution in [0.5, 0.6) is 0 Å². The molecule has 0 aliphatic heterocycles. The minimum atomic E-state index is 0.0720. The molecule has 1 aromatic heterocycles. The number of nitrogens with two attached hydrogens (primary N) is 1. The first-order valence-electron chi connectivity index (χ1n) is 7.18. The number of rotatable bonds is 5. The number of nitrogens with one attached hydrogen (secondary N) is 1. The molecule has 5 heteroatoms. The summed E-state index contributed by atoms with van der Waals surface area (Å²) in [5.41, 5.74) is 6.35. The molecule has 1 fully saturated rings. The molecule has 0 radical (unpaired) electrons. The molecule has 1 atom stereocenters. The van der Waals surface area contributed by atoms with Crippen LogP contribution in [0.2, 0.25) is 0 Å². The van der Waals surface area contributed by atoms with Crippen LogP contribution in [0.25, 0.3) is 0 Å². The molecular weight excluding hydrogens is 258 g/mol. The van der Waals surface area contributed by atoms with Crippen LogP contribution in [0.15, 0.2) is 5.38 Å². The average Bonchev–Trinajstić information content (AvgIpc) is 2.82. The Balaban J connectivity index is 1.85. The molecular formula is C14H23N3OS. The maximum absolute atomic E-state index is 12.0. The van der Waals surface area contributed by atoms with E-state index in [1.165, 1.54) is 43.4 Å². The number of anilines is 1. The highest BCUT2D eigenvalue weighted by Crippen LogP contribution is 2.27. The fourth-order valence-electron chi connectivity index (χ4n) is 2.92. The van der Waals surface area contributed by atoms with E-state index in [9.17, 15) is 4.79 Å². The third kappa shape index (κ3) is 4.20. The van der Waals surface area contributed by atoms with Gasteiger partial charge in [0.1, 0.15) is 0 Å². The van der Waals surface area contributed by atoms with Crippen molar-refractivity contribution >= 4 is 22.4 Å². The van der Waals surface area contributed by atoms with Crippen LogP contribution in [-0.2, 0) is 11.2 Å². The van der Waals surface area contributed by atoms with E-state index in [0.717, 1.165) is 12.1 Å². The number of carbonyl (C=O) groups excluding carboxylic acids is 1. The largest absolute Gasteiger partial charge is 0.375 e. The molecule has 0 bridgehead atoms. The van der Waals surface area contributed by atoms with Crippen molar-refractivity contribution in [2.45, 2.75) is 57.9 Å². The predicted octanol–water partition coefficient (Wildman–Crippen LogP) is 2.74. The second-order valence-electron chi connectivity index (χ2n) is 5.33. The van der Waals surface area contributed by atoms with Crippen molar-refractivity contribution in [3.63, 3.8) is 0 Å². The Morgan fingerprint density at radius 1 is 1.53 bits per heavy atom. The fourth-order valence-corrected chi connectivity index (χ4v) is 3.48. The van der Waals surface area contributed by atoms with Crippen LogP contribution >= 0.6 is 11.3 Å². The first-order valence-corrected chi connectivity index (χ1v) is 8.06. The van der Waals surface area contributed by atoms with Gasteiger partial charge < -0.3 is 11.1 Å². The zero-order valence-corrected chi connectivity index (χ0v) is 12.3. The molecule has 3 N–H and O–H groups in total. The van der Waals surface area contributed by atoms with Crippen molar-refractivity contribution in [1.29, 1.82) is 0 Å². The van der Waals surface area contributed by atoms with E-state index in [4.69, 9.17) is 5.73 Å². The quantitative estimate of drug-likeness (QED) is 0.872. The van der Waals surface area contributed by atoms with Gasteiger partial charge in [-0.25, -0.2) is 4.98 Å². The highest BCUT2D eigenvalue weighted by atomic mass is 32.1. The molecule has 0 saturated heterocycles. The van der Waals surface area contributed by atoms with E-state index in [2.05, 4.69) is 17.2 Å². The summed E-state index contributed by atoms with van der Waals surface area (Å²) in [6.07, 6.45) is 7.82.